The van der Waals surface area contributed by atoms with Gasteiger partial charge in [-0.1, -0.05) is 25.3 Å². The van der Waals surface area contributed by atoms with Gasteiger partial charge in [0.2, 0.25) is 0 Å². The number of hydrogen-bond donors (Lipinski definition) is 1. The lowest BCUT2D eigenvalue weighted by atomic mass is 9.95. The Labute approximate surface area is 116 Å². The molecule has 2 rings (SSSR count). The molecule has 3 nitrogen and oxygen atoms in total. The third kappa shape index (κ3) is 4.13. The van der Waals surface area contributed by atoms with Crippen LogP contribution in [0, 0.1) is 0 Å². The molecule has 1 saturated carbocycles. The van der Waals surface area contributed by atoms with Crippen molar-refractivity contribution in [2.75, 3.05) is 20.8 Å². The Bertz CT molecular complexity index is 386. The smallest absolute Gasteiger partial charge is 0.125 e. The maximum atomic E-state index is 5.42. The average Bonchev–Trinajstić information content (AvgIpc) is 2.48. The Morgan fingerprint density at radius 3 is 2.58 bits per heavy atom. The molecule has 0 bridgehead atoms. The average molecular weight is 263 g/mol. The molecule has 0 unspecified atom stereocenters. The van der Waals surface area contributed by atoms with E-state index in [1.54, 1.807) is 14.2 Å². The molecule has 0 heterocycles. The van der Waals surface area contributed by atoms with Gasteiger partial charge in [0, 0.05) is 12.1 Å². The molecule has 1 N–H and O–H groups in total. The predicted molar refractivity (Wildman–Crippen MR) is 78.1 cm³/mol. The van der Waals surface area contributed by atoms with Gasteiger partial charge in [-0.05, 0) is 37.4 Å². The second-order valence-corrected chi connectivity index (χ2v) is 5.22. The van der Waals surface area contributed by atoms with Crippen molar-refractivity contribution in [3.63, 3.8) is 0 Å². The Balaban J connectivity index is 1.84. The summed E-state index contributed by atoms with van der Waals surface area (Å²) in [7, 11) is 3.39. The highest BCUT2D eigenvalue weighted by Crippen LogP contribution is 2.25. The summed E-state index contributed by atoms with van der Waals surface area (Å²) in [6.45, 7) is 1.02. The molecule has 3 heteroatoms. The largest absolute Gasteiger partial charge is 0.497 e. The summed E-state index contributed by atoms with van der Waals surface area (Å²) >= 11 is 0. The minimum atomic E-state index is 0.720. The van der Waals surface area contributed by atoms with Gasteiger partial charge in [-0.15, -0.1) is 0 Å². The molecule has 0 amide bonds. The van der Waals surface area contributed by atoms with Gasteiger partial charge in [0.25, 0.3) is 0 Å². The minimum absolute atomic E-state index is 0.720. The van der Waals surface area contributed by atoms with Crippen molar-refractivity contribution in [2.24, 2.45) is 0 Å². The maximum Gasteiger partial charge on any atom is 0.125 e. The molecule has 0 aromatic heterocycles. The fourth-order valence-electron chi connectivity index (χ4n) is 2.78. The standard InChI is InChI=1S/C16H25NO2/c1-18-15-9-8-13(16(12-15)19-2)10-11-17-14-6-4-3-5-7-14/h8-9,12,14,17H,3-7,10-11H2,1-2H3. The van der Waals surface area contributed by atoms with E-state index in [0.717, 1.165) is 30.5 Å². The molecule has 0 saturated heterocycles. The first-order valence-electron chi connectivity index (χ1n) is 7.28. The molecule has 106 valence electrons. The molecule has 1 aromatic carbocycles. The van der Waals surface area contributed by atoms with Gasteiger partial charge in [0.1, 0.15) is 11.5 Å². The first-order valence-corrected chi connectivity index (χ1v) is 7.28. The highest BCUT2D eigenvalue weighted by molar-refractivity contribution is 5.40. The molecule has 0 atom stereocenters. The summed E-state index contributed by atoms with van der Waals surface area (Å²) in [5.41, 5.74) is 1.24. The summed E-state index contributed by atoms with van der Waals surface area (Å²) in [6.07, 6.45) is 7.83. The maximum absolute atomic E-state index is 5.42. The third-order valence-corrected chi connectivity index (χ3v) is 3.93. The van der Waals surface area contributed by atoms with Gasteiger partial charge < -0.3 is 14.8 Å². The molecule has 1 aliphatic rings. The van der Waals surface area contributed by atoms with E-state index in [0.29, 0.717) is 0 Å². The van der Waals surface area contributed by atoms with Crippen molar-refractivity contribution in [1.82, 2.24) is 5.32 Å². The molecule has 1 fully saturated rings. The van der Waals surface area contributed by atoms with Crippen LogP contribution in [0.5, 0.6) is 11.5 Å². The zero-order valence-electron chi connectivity index (χ0n) is 12.1. The fraction of sp³-hybridized carbons (Fsp3) is 0.625. The number of rotatable bonds is 6. The lowest BCUT2D eigenvalue weighted by molar-refractivity contribution is 0.371. The summed E-state index contributed by atoms with van der Waals surface area (Å²) in [6, 6.07) is 6.77. The number of benzene rings is 1. The molecule has 19 heavy (non-hydrogen) atoms. The van der Waals surface area contributed by atoms with Gasteiger partial charge in [-0.2, -0.15) is 0 Å². The van der Waals surface area contributed by atoms with E-state index in [-0.39, 0.29) is 0 Å². The van der Waals surface area contributed by atoms with Crippen molar-refractivity contribution in [2.45, 2.75) is 44.6 Å². The first-order chi connectivity index (χ1) is 9.33. The highest BCUT2D eigenvalue weighted by atomic mass is 16.5. The van der Waals surface area contributed by atoms with Crippen LogP contribution < -0.4 is 14.8 Å². The molecule has 1 aliphatic carbocycles. The lowest BCUT2D eigenvalue weighted by Gasteiger charge is -2.23. The van der Waals surface area contributed by atoms with Gasteiger partial charge in [0.05, 0.1) is 14.2 Å². The van der Waals surface area contributed by atoms with Crippen molar-refractivity contribution < 1.29 is 9.47 Å². The Morgan fingerprint density at radius 1 is 1.11 bits per heavy atom. The van der Waals surface area contributed by atoms with Crippen LogP contribution in [0.3, 0.4) is 0 Å². The molecule has 0 aliphatic heterocycles. The monoisotopic (exact) mass is 263 g/mol. The Morgan fingerprint density at radius 2 is 1.89 bits per heavy atom. The molecule has 0 spiro atoms. The molecular formula is C16H25NO2. The topological polar surface area (TPSA) is 30.5 Å². The van der Waals surface area contributed by atoms with E-state index >= 15 is 0 Å². The summed E-state index contributed by atoms with van der Waals surface area (Å²) in [5, 5.41) is 3.66. The van der Waals surface area contributed by atoms with Gasteiger partial charge >= 0.3 is 0 Å². The second kappa shape index (κ2) is 7.39. The molecule has 0 radical (unpaired) electrons. The Kier molecular flexibility index (Phi) is 5.52. The number of ether oxygens (including phenoxy) is 2. The van der Waals surface area contributed by atoms with Crippen LogP contribution in [0.15, 0.2) is 18.2 Å². The van der Waals surface area contributed by atoms with Crippen molar-refractivity contribution in [3.8, 4) is 11.5 Å². The van der Waals surface area contributed by atoms with Crippen LogP contribution in [-0.2, 0) is 6.42 Å². The predicted octanol–water partition coefficient (Wildman–Crippen LogP) is 3.17. The van der Waals surface area contributed by atoms with Crippen molar-refractivity contribution in [3.05, 3.63) is 23.8 Å². The van der Waals surface area contributed by atoms with Crippen LogP contribution >= 0.6 is 0 Å². The fourth-order valence-corrected chi connectivity index (χ4v) is 2.78. The normalized spacial score (nSPS) is 16.3. The zero-order chi connectivity index (χ0) is 13.5. The van der Waals surface area contributed by atoms with Crippen LogP contribution in [0.2, 0.25) is 0 Å². The van der Waals surface area contributed by atoms with E-state index in [2.05, 4.69) is 11.4 Å². The van der Waals surface area contributed by atoms with E-state index < -0.39 is 0 Å². The Hall–Kier alpha value is -1.22. The van der Waals surface area contributed by atoms with Crippen LogP contribution in [-0.4, -0.2) is 26.8 Å². The van der Waals surface area contributed by atoms with Crippen LogP contribution in [0.25, 0.3) is 0 Å². The summed E-state index contributed by atoms with van der Waals surface area (Å²) < 4.78 is 10.6. The van der Waals surface area contributed by atoms with Gasteiger partial charge in [0.15, 0.2) is 0 Å². The van der Waals surface area contributed by atoms with Gasteiger partial charge in [-0.3, -0.25) is 0 Å². The number of nitrogens with one attached hydrogen (secondary N) is 1. The van der Waals surface area contributed by atoms with E-state index in [1.165, 1.54) is 37.7 Å². The quantitative estimate of drug-likeness (QED) is 0.855. The number of methoxy groups -OCH3 is 2. The van der Waals surface area contributed by atoms with Crippen molar-refractivity contribution >= 4 is 0 Å². The van der Waals surface area contributed by atoms with E-state index in [1.807, 2.05) is 12.1 Å². The first kappa shape index (κ1) is 14.2. The zero-order valence-corrected chi connectivity index (χ0v) is 12.1. The second-order valence-electron chi connectivity index (χ2n) is 5.22. The van der Waals surface area contributed by atoms with Crippen LogP contribution in [0.4, 0.5) is 0 Å². The van der Waals surface area contributed by atoms with Gasteiger partial charge in [-0.25, -0.2) is 0 Å². The van der Waals surface area contributed by atoms with Crippen molar-refractivity contribution in [1.29, 1.82) is 0 Å². The highest BCUT2D eigenvalue weighted by Gasteiger charge is 2.12. The summed E-state index contributed by atoms with van der Waals surface area (Å²) in [4.78, 5) is 0. The molecular weight excluding hydrogens is 238 g/mol. The van der Waals surface area contributed by atoms with E-state index in [9.17, 15) is 0 Å². The minimum Gasteiger partial charge on any atom is -0.497 e. The van der Waals surface area contributed by atoms with E-state index in [4.69, 9.17) is 9.47 Å². The van der Waals surface area contributed by atoms with Crippen LogP contribution in [0.1, 0.15) is 37.7 Å². The number of hydrogen-bond acceptors (Lipinski definition) is 3. The molecule has 1 aromatic rings. The SMILES string of the molecule is COc1ccc(CCNC2CCCCC2)c(OC)c1. The lowest BCUT2D eigenvalue weighted by Crippen LogP contribution is -2.32. The summed E-state index contributed by atoms with van der Waals surface area (Å²) in [5.74, 6) is 1.77. The third-order valence-electron chi connectivity index (χ3n) is 3.93.